The van der Waals surface area contributed by atoms with Crippen LogP contribution >= 0.6 is 11.6 Å². The van der Waals surface area contributed by atoms with Crippen molar-refractivity contribution in [3.8, 4) is 0 Å². The van der Waals surface area contributed by atoms with Crippen LogP contribution in [-0.2, 0) is 11.3 Å². The molecule has 0 unspecified atom stereocenters. The minimum Gasteiger partial charge on any atom is -0.372 e. The Balaban J connectivity index is 1.24. The molecule has 4 nitrogen and oxygen atoms in total. The van der Waals surface area contributed by atoms with Crippen molar-refractivity contribution in [2.24, 2.45) is 11.8 Å². The molecule has 2 heterocycles. The number of rotatable bonds is 6. The number of carbonyl (C=O) groups excluding carboxylic acids is 1. The average molecular weight is 472 g/mol. The van der Waals surface area contributed by atoms with E-state index in [2.05, 4.69) is 46.3 Å². The second kappa shape index (κ2) is 10.9. The Morgan fingerprint density at radius 2 is 1.73 bits per heavy atom. The Kier molecular flexibility index (Phi) is 7.92. The van der Waals surface area contributed by atoms with Gasteiger partial charge in [-0.3, -0.25) is 9.69 Å². The summed E-state index contributed by atoms with van der Waals surface area (Å²) in [5.41, 5.74) is 3.06. The molecule has 0 aliphatic carbocycles. The topological polar surface area (TPSA) is 35.6 Å². The van der Waals surface area contributed by atoms with Gasteiger partial charge in [-0.25, -0.2) is 4.39 Å². The number of nitrogens with zero attached hydrogens (tertiary/aromatic N) is 2. The van der Waals surface area contributed by atoms with Gasteiger partial charge in [-0.1, -0.05) is 36.7 Å². The van der Waals surface area contributed by atoms with E-state index >= 15 is 0 Å². The number of anilines is 1. The van der Waals surface area contributed by atoms with Crippen molar-refractivity contribution in [3.63, 3.8) is 0 Å². The minimum absolute atomic E-state index is 0.00776. The SMILES string of the molecule is CC1CCN(c2ccc([C@@H](C)NC(=O)C3CCN(Cc4ccc(Cl)cc4F)CC3)cc2)CC1. The van der Waals surface area contributed by atoms with Gasteiger partial charge in [-0.15, -0.1) is 0 Å². The fourth-order valence-electron chi connectivity index (χ4n) is 4.90. The summed E-state index contributed by atoms with van der Waals surface area (Å²) >= 11 is 5.85. The number of hydrogen-bond acceptors (Lipinski definition) is 3. The Hall–Kier alpha value is -2.11. The van der Waals surface area contributed by atoms with Gasteiger partial charge in [0, 0.05) is 41.8 Å². The Morgan fingerprint density at radius 3 is 2.36 bits per heavy atom. The van der Waals surface area contributed by atoms with E-state index in [0.29, 0.717) is 17.1 Å². The van der Waals surface area contributed by atoms with Crippen LogP contribution in [0.5, 0.6) is 0 Å². The van der Waals surface area contributed by atoms with Crippen molar-refractivity contribution in [1.82, 2.24) is 10.2 Å². The molecule has 0 aromatic heterocycles. The van der Waals surface area contributed by atoms with Crippen LogP contribution in [0.4, 0.5) is 10.1 Å². The van der Waals surface area contributed by atoms with Crippen molar-refractivity contribution in [1.29, 1.82) is 0 Å². The smallest absolute Gasteiger partial charge is 0.223 e. The predicted octanol–water partition coefficient (Wildman–Crippen LogP) is 5.80. The molecule has 4 rings (SSSR count). The molecule has 2 aromatic rings. The zero-order valence-corrected chi connectivity index (χ0v) is 20.5. The van der Waals surface area contributed by atoms with Crippen LogP contribution in [0.25, 0.3) is 0 Å². The maximum absolute atomic E-state index is 14.1. The summed E-state index contributed by atoms with van der Waals surface area (Å²) in [5.74, 6) is 0.681. The number of amides is 1. The van der Waals surface area contributed by atoms with Gasteiger partial charge < -0.3 is 10.2 Å². The lowest BCUT2D eigenvalue weighted by molar-refractivity contribution is -0.127. The summed E-state index contributed by atoms with van der Waals surface area (Å²) in [6.07, 6.45) is 4.09. The molecule has 178 valence electrons. The molecular weight excluding hydrogens is 437 g/mol. The van der Waals surface area contributed by atoms with E-state index in [9.17, 15) is 9.18 Å². The molecule has 1 atom stereocenters. The molecule has 0 radical (unpaired) electrons. The number of likely N-dealkylation sites (tertiary alicyclic amines) is 1. The highest BCUT2D eigenvalue weighted by Gasteiger charge is 2.26. The molecule has 2 saturated heterocycles. The monoisotopic (exact) mass is 471 g/mol. The zero-order valence-electron chi connectivity index (χ0n) is 19.7. The van der Waals surface area contributed by atoms with Crippen LogP contribution in [0.2, 0.25) is 5.02 Å². The van der Waals surface area contributed by atoms with E-state index in [1.54, 1.807) is 12.1 Å². The van der Waals surface area contributed by atoms with E-state index in [0.717, 1.165) is 50.5 Å². The molecule has 1 N–H and O–H groups in total. The quantitative estimate of drug-likeness (QED) is 0.577. The third kappa shape index (κ3) is 6.27. The Labute approximate surface area is 202 Å². The highest BCUT2D eigenvalue weighted by atomic mass is 35.5. The molecule has 33 heavy (non-hydrogen) atoms. The normalized spacial score (nSPS) is 19.5. The van der Waals surface area contributed by atoms with Gasteiger partial charge in [0.25, 0.3) is 0 Å². The van der Waals surface area contributed by atoms with Gasteiger partial charge in [0.1, 0.15) is 5.82 Å². The van der Waals surface area contributed by atoms with Crippen molar-refractivity contribution >= 4 is 23.2 Å². The predicted molar refractivity (Wildman–Crippen MR) is 133 cm³/mol. The van der Waals surface area contributed by atoms with Crippen LogP contribution < -0.4 is 10.2 Å². The summed E-state index contributed by atoms with van der Waals surface area (Å²) in [4.78, 5) is 17.5. The lowest BCUT2D eigenvalue weighted by atomic mass is 9.94. The second-order valence-corrected chi connectivity index (χ2v) is 10.2. The van der Waals surface area contributed by atoms with Gasteiger partial charge in [-0.05, 0) is 81.4 Å². The first-order chi connectivity index (χ1) is 15.9. The van der Waals surface area contributed by atoms with Crippen molar-refractivity contribution in [2.75, 3.05) is 31.1 Å². The fraction of sp³-hybridized carbons (Fsp3) is 0.519. The Bertz CT molecular complexity index is 935. The lowest BCUT2D eigenvalue weighted by Gasteiger charge is -2.32. The second-order valence-electron chi connectivity index (χ2n) is 9.78. The van der Waals surface area contributed by atoms with Crippen LogP contribution in [0.1, 0.15) is 56.7 Å². The molecule has 6 heteroatoms. The summed E-state index contributed by atoms with van der Waals surface area (Å²) in [7, 11) is 0. The van der Waals surface area contributed by atoms with Gasteiger partial charge in [0.05, 0.1) is 6.04 Å². The van der Waals surface area contributed by atoms with Crippen molar-refractivity contribution in [3.05, 3.63) is 64.4 Å². The number of piperidine rings is 2. The minimum atomic E-state index is -0.267. The van der Waals surface area contributed by atoms with Crippen LogP contribution in [0.3, 0.4) is 0 Å². The average Bonchev–Trinajstić information content (AvgIpc) is 2.82. The maximum Gasteiger partial charge on any atom is 0.223 e. The first-order valence-corrected chi connectivity index (χ1v) is 12.6. The Morgan fingerprint density at radius 1 is 1.06 bits per heavy atom. The molecule has 2 fully saturated rings. The summed E-state index contributed by atoms with van der Waals surface area (Å²) < 4.78 is 14.1. The van der Waals surface area contributed by atoms with Crippen LogP contribution in [0, 0.1) is 17.7 Å². The van der Waals surface area contributed by atoms with E-state index in [-0.39, 0.29) is 23.7 Å². The lowest BCUT2D eigenvalue weighted by Crippen LogP contribution is -2.41. The molecule has 0 saturated carbocycles. The van der Waals surface area contributed by atoms with E-state index in [1.807, 2.05) is 6.92 Å². The first kappa shape index (κ1) is 24.0. The molecule has 0 spiro atoms. The van der Waals surface area contributed by atoms with Gasteiger partial charge in [0.15, 0.2) is 0 Å². The molecule has 2 aliphatic heterocycles. The fourth-order valence-corrected chi connectivity index (χ4v) is 5.06. The highest BCUT2D eigenvalue weighted by Crippen LogP contribution is 2.26. The number of hydrogen-bond donors (Lipinski definition) is 1. The van der Waals surface area contributed by atoms with Crippen molar-refractivity contribution in [2.45, 2.75) is 52.1 Å². The van der Waals surface area contributed by atoms with Crippen LogP contribution in [0.15, 0.2) is 42.5 Å². The highest BCUT2D eigenvalue weighted by molar-refractivity contribution is 6.30. The van der Waals surface area contributed by atoms with Gasteiger partial charge >= 0.3 is 0 Å². The number of nitrogens with one attached hydrogen (secondary N) is 1. The third-order valence-electron chi connectivity index (χ3n) is 7.27. The number of halogens is 2. The van der Waals surface area contributed by atoms with Gasteiger partial charge in [0.2, 0.25) is 5.91 Å². The molecule has 2 aromatic carbocycles. The largest absolute Gasteiger partial charge is 0.372 e. The van der Waals surface area contributed by atoms with Gasteiger partial charge in [-0.2, -0.15) is 0 Å². The third-order valence-corrected chi connectivity index (χ3v) is 7.50. The first-order valence-electron chi connectivity index (χ1n) is 12.2. The standard InChI is InChI=1S/C27H35ClFN3O/c1-19-9-15-32(16-10-19)25-7-4-21(5-8-25)20(2)30-27(33)22-11-13-31(14-12-22)18-23-3-6-24(28)17-26(23)29/h3-8,17,19-20,22H,9-16,18H2,1-2H3,(H,30,33)/t20-/m1/s1. The van der Waals surface area contributed by atoms with E-state index in [1.165, 1.54) is 24.6 Å². The summed E-state index contributed by atoms with van der Waals surface area (Å²) in [5, 5.41) is 3.62. The zero-order chi connectivity index (χ0) is 23.4. The number of carbonyl (C=O) groups is 1. The molecule has 1 amide bonds. The maximum atomic E-state index is 14.1. The molecule has 0 bridgehead atoms. The molecule has 2 aliphatic rings. The molecular formula is C27H35ClFN3O. The van der Waals surface area contributed by atoms with E-state index < -0.39 is 0 Å². The van der Waals surface area contributed by atoms with E-state index in [4.69, 9.17) is 11.6 Å². The summed E-state index contributed by atoms with van der Waals surface area (Å²) in [6, 6.07) is 13.5. The number of benzene rings is 2. The van der Waals surface area contributed by atoms with Crippen molar-refractivity contribution < 1.29 is 9.18 Å². The van der Waals surface area contributed by atoms with Crippen LogP contribution in [-0.4, -0.2) is 37.0 Å². The summed E-state index contributed by atoms with van der Waals surface area (Å²) in [6.45, 7) is 8.75.